The van der Waals surface area contributed by atoms with Gasteiger partial charge >= 0.3 is 0 Å². The van der Waals surface area contributed by atoms with E-state index in [1.165, 1.54) is 111 Å². The molecule has 268 valence electrons. The Kier molecular flexibility index (Phi) is 6.91. The fraction of sp³-hybridized carbons (Fsp3) is 0.0877. The second-order valence-corrected chi connectivity index (χ2v) is 16.8. The molecule has 57 heavy (non-hydrogen) atoms. The molecule has 0 radical (unpaired) electrons. The topological polar surface area (TPSA) is 0 Å². The van der Waals surface area contributed by atoms with E-state index in [0.29, 0.717) is 0 Å². The standard InChI is InChI=1S/C57H40/c1-57(2)52-19-11-10-17-44(52)48-30-31-49-53(38-23-20-37(21-24-38)35-12-4-3-5-13-35)47-29-27-41(34-51(47)55(49)56(48)57)40-26-28-46-50(33-40)43-16-8-9-18-45(43)54(46)42-25-22-36-14-6-7-15-39(36)32-42/h3-34,53-54H,1-2H3. The van der Waals surface area contributed by atoms with Crippen LogP contribution in [0.3, 0.4) is 0 Å². The molecule has 0 nitrogen and oxygen atoms in total. The average Bonchev–Trinajstić information content (AvgIpc) is 3.86. The van der Waals surface area contributed by atoms with Gasteiger partial charge in [-0.1, -0.05) is 196 Å². The first-order valence-corrected chi connectivity index (χ1v) is 20.3. The van der Waals surface area contributed by atoms with Gasteiger partial charge in [0.25, 0.3) is 0 Å². The van der Waals surface area contributed by atoms with Crippen molar-refractivity contribution in [2.45, 2.75) is 31.1 Å². The highest BCUT2D eigenvalue weighted by Gasteiger charge is 2.42. The van der Waals surface area contributed by atoms with Gasteiger partial charge in [0.1, 0.15) is 0 Å². The van der Waals surface area contributed by atoms with Crippen LogP contribution in [-0.4, -0.2) is 0 Å². The van der Waals surface area contributed by atoms with Gasteiger partial charge in [-0.25, -0.2) is 0 Å². The summed E-state index contributed by atoms with van der Waals surface area (Å²) < 4.78 is 0. The molecule has 0 bridgehead atoms. The summed E-state index contributed by atoms with van der Waals surface area (Å²) in [7, 11) is 0. The van der Waals surface area contributed by atoms with E-state index in [1.54, 1.807) is 0 Å². The van der Waals surface area contributed by atoms with Crippen molar-refractivity contribution in [1.29, 1.82) is 0 Å². The molecule has 9 aromatic carbocycles. The van der Waals surface area contributed by atoms with Crippen molar-refractivity contribution in [2.75, 3.05) is 0 Å². The lowest BCUT2D eigenvalue weighted by Crippen LogP contribution is -2.16. The Hall–Kier alpha value is -6.76. The third-order valence-corrected chi connectivity index (χ3v) is 13.4. The van der Waals surface area contributed by atoms with Gasteiger partial charge in [-0.05, 0) is 123 Å². The molecule has 0 spiro atoms. The molecule has 0 saturated heterocycles. The number of hydrogen-bond donors (Lipinski definition) is 0. The minimum Gasteiger partial charge on any atom is -0.0622 e. The van der Waals surface area contributed by atoms with Gasteiger partial charge in [0.2, 0.25) is 0 Å². The second-order valence-electron chi connectivity index (χ2n) is 16.8. The summed E-state index contributed by atoms with van der Waals surface area (Å²) in [6.07, 6.45) is 0. The zero-order valence-electron chi connectivity index (χ0n) is 32.1. The first-order valence-electron chi connectivity index (χ1n) is 20.3. The summed E-state index contributed by atoms with van der Waals surface area (Å²) in [6, 6.07) is 73.2. The van der Waals surface area contributed by atoms with E-state index in [2.05, 4.69) is 208 Å². The van der Waals surface area contributed by atoms with Gasteiger partial charge in [-0.2, -0.15) is 0 Å². The molecule has 12 rings (SSSR count). The Labute approximate surface area is 334 Å². The Bertz CT molecular complexity index is 3090. The van der Waals surface area contributed by atoms with E-state index in [0.717, 1.165) is 0 Å². The van der Waals surface area contributed by atoms with Gasteiger partial charge in [0.05, 0.1) is 0 Å². The fourth-order valence-corrected chi connectivity index (χ4v) is 10.8. The maximum Gasteiger partial charge on any atom is 0.0352 e. The van der Waals surface area contributed by atoms with Crippen LogP contribution in [0, 0.1) is 0 Å². The van der Waals surface area contributed by atoms with Crippen LogP contribution in [0.15, 0.2) is 194 Å². The molecule has 0 heterocycles. The van der Waals surface area contributed by atoms with Gasteiger partial charge in [0.15, 0.2) is 0 Å². The Balaban J connectivity index is 1.02. The predicted molar refractivity (Wildman–Crippen MR) is 238 cm³/mol. The summed E-state index contributed by atoms with van der Waals surface area (Å²) in [5, 5.41) is 2.57. The number of benzene rings is 9. The van der Waals surface area contributed by atoms with Crippen molar-refractivity contribution in [3.63, 3.8) is 0 Å². The molecule has 2 atom stereocenters. The van der Waals surface area contributed by atoms with E-state index >= 15 is 0 Å². The fourth-order valence-electron chi connectivity index (χ4n) is 10.8. The van der Waals surface area contributed by atoms with Crippen LogP contribution >= 0.6 is 0 Å². The summed E-state index contributed by atoms with van der Waals surface area (Å²) in [5.41, 5.74) is 24.3. The predicted octanol–water partition coefficient (Wildman–Crippen LogP) is 14.8. The molecular weight excluding hydrogens is 685 g/mol. The zero-order chi connectivity index (χ0) is 37.8. The van der Waals surface area contributed by atoms with E-state index in [1.807, 2.05) is 0 Å². The summed E-state index contributed by atoms with van der Waals surface area (Å²) in [4.78, 5) is 0. The molecule has 3 aliphatic carbocycles. The van der Waals surface area contributed by atoms with Crippen molar-refractivity contribution in [3.8, 4) is 55.6 Å². The lowest BCUT2D eigenvalue weighted by molar-refractivity contribution is 0.661. The van der Waals surface area contributed by atoms with Crippen LogP contribution in [-0.2, 0) is 5.41 Å². The van der Waals surface area contributed by atoms with Gasteiger partial charge in [-0.3, -0.25) is 0 Å². The normalized spacial score (nSPS) is 16.4. The highest BCUT2D eigenvalue weighted by atomic mass is 14.4. The van der Waals surface area contributed by atoms with E-state index < -0.39 is 0 Å². The van der Waals surface area contributed by atoms with Gasteiger partial charge in [-0.15, -0.1) is 0 Å². The van der Waals surface area contributed by atoms with Crippen LogP contribution in [0.4, 0.5) is 0 Å². The van der Waals surface area contributed by atoms with E-state index in [9.17, 15) is 0 Å². The second kappa shape index (κ2) is 12.1. The van der Waals surface area contributed by atoms with Crippen LogP contribution < -0.4 is 0 Å². The summed E-state index contributed by atoms with van der Waals surface area (Å²) >= 11 is 0. The molecule has 2 unspecified atom stereocenters. The first kappa shape index (κ1) is 32.5. The van der Waals surface area contributed by atoms with Crippen molar-refractivity contribution in [2.24, 2.45) is 0 Å². The van der Waals surface area contributed by atoms with Gasteiger partial charge in [0, 0.05) is 17.3 Å². The molecule has 9 aromatic rings. The number of fused-ring (bicyclic) bond motifs is 11. The first-order chi connectivity index (χ1) is 28.0. The van der Waals surface area contributed by atoms with Crippen LogP contribution in [0.25, 0.3) is 66.4 Å². The highest BCUT2D eigenvalue weighted by Crippen LogP contribution is 2.59. The third kappa shape index (κ3) is 4.74. The van der Waals surface area contributed by atoms with Crippen molar-refractivity contribution in [3.05, 3.63) is 239 Å². The Morgan fingerprint density at radius 1 is 0.333 bits per heavy atom. The maximum absolute atomic E-state index is 2.51. The van der Waals surface area contributed by atoms with Crippen molar-refractivity contribution >= 4 is 10.8 Å². The molecule has 0 aliphatic heterocycles. The maximum atomic E-state index is 2.51. The number of rotatable bonds is 4. The lowest BCUT2D eigenvalue weighted by Gasteiger charge is -2.25. The summed E-state index contributed by atoms with van der Waals surface area (Å²) in [6.45, 7) is 4.85. The van der Waals surface area contributed by atoms with Crippen LogP contribution in [0.2, 0.25) is 0 Å². The molecule has 0 aromatic heterocycles. The molecule has 3 aliphatic rings. The van der Waals surface area contributed by atoms with E-state index in [-0.39, 0.29) is 17.3 Å². The van der Waals surface area contributed by atoms with E-state index in [4.69, 9.17) is 0 Å². The molecule has 0 heteroatoms. The Morgan fingerprint density at radius 3 is 1.70 bits per heavy atom. The minimum atomic E-state index is -0.119. The SMILES string of the molecule is CC1(C)c2ccccc2-c2ccc3c(c21)-c1cc(-c2ccc4c(c2)-c2ccccc2C4c2ccc4ccccc4c2)ccc1C3c1ccc(-c2ccccc2)cc1. The minimum absolute atomic E-state index is 0.119. The molecule has 0 N–H and O–H groups in total. The third-order valence-electron chi connectivity index (χ3n) is 13.4. The van der Waals surface area contributed by atoms with Crippen molar-refractivity contribution in [1.82, 2.24) is 0 Å². The monoisotopic (exact) mass is 724 g/mol. The lowest BCUT2D eigenvalue weighted by atomic mass is 9.78. The quantitative estimate of drug-likeness (QED) is 0.170. The Morgan fingerprint density at radius 2 is 0.895 bits per heavy atom. The number of hydrogen-bond acceptors (Lipinski definition) is 0. The van der Waals surface area contributed by atoms with Crippen molar-refractivity contribution < 1.29 is 0 Å². The van der Waals surface area contributed by atoms with Gasteiger partial charge < -0.3 is 0 Å². The highest BCUT2D eigenvalue weighted by molar-refractivity contribution is 5.96. The molecule has 0 fully saturated rings. The summed E-state index contributed by atoms with van der Waals surface area (Å²) in [5.74, 6) is 0.371. The average molecular weight is 725 g/mol. The largest absolute Gasteiger partial charge is 0.0622 e. The molecule has 0 amide bonds. The zero-order valence-corrected chi connectivity index (χ0v) is 32.1. The van der Waals surface area contributed by atoms with Crippen LogP contribution in [0.1, 0.15) is 70.2 Å². The molecular formula is C57H40. The molecule has 0 saturated carbocycles. The smallest absolute Gasteiger partial charge is 0.0352 e. The van der Waals surface area contributed by atoms with Crippen LogP contribution in [0.5, 0.6) is 0 Å².